The van der Waals surface area contributed by atoms with Crippen LogP contribution in [0.5, 0.6) is 0 Å². The Morgan fingerprint density at radius 1 is 1.32 bits per heavy atom. The number of rotatable bonds is 6. The molecule has 0 unspecified atom stereocenters. The number of carbonyl (C=O) groups excluding carboxylic acids is 1. The van der Waals surface area contributed by atoms with Gasteiger partial charge in [0.15, 0.2) is 0 Å². The van der Waals surface area contributed by atoms with Crippen molar-refractivity contribution in [3.63, 3.8) is 0 Å². The highest BCUT2D eigenvalue weighted by molar-refractivity contribution is 5.78. The van der Waals surface area contributed by atoms with E-state index in [2.05, 4.69) is 6.07 Å². The number of likely N-dealkylation sites (N-methyl/N-ethyl adjacent to an activating group) is 2. The van der Waals surface area contributed by atoms with E-state index in [1.165, 1.54) is 0 Å². The smallest absolute Gasteiger partial charge is 0.236 e. The van der Waals surface area contributed by atoms with E-state index >= 15 is 0 Å². The number of nitriles is 1. The Labute approximate surface area is 131 Å². The average molecular weight is 298 g/mol. The second-order valence-corrected chi connectivity index (χ2v) is 5.37. The van der Waals surface area contributed by atoms with Crippen LogP contribution in [-0.2, 0) is 11.3 Å². The van der Waals surface area contributed by atoms with Crippen molar-refractivity contribution in [3.8, 4) is 6.07 Å². The number of fused-ring (bicyclic) bond motifs is 1. The van der Waals surface area contributed by atoms with Gasteiger partial charge in [-0.3, -0.25) is 9.69 Å². The molecular formula is C17H22N4O. The largest absolute Gasteiger partial charge is 0.342 e. The summed E-state index contributed by atoms with van der Waals surface area (Å²) >= 11 is 0. The molecule has 2 heterocycles. The van der Waals surface area contributed by atoms with E-state index < -0.39 is 0 Å². The molecule has 0 saturated carbocycles. The van der Waals surface area contributed by atoms with Gasteiger partial charge in [0.25, 0.3) is 0 Å². The van der Waals surface area contributed by atoms with Crippen molar-refractivity contribution >= 4 is 11.4 Å². The van der Waals surface area contributed by atoms with E-state index in [0.717, 1.165) is 24.2 Å². The number of hydrogen-bond acceptors (Lipinski definition) is 3. The first-order valence-corrected chi connectivity index (χ1v) is 7.55. The molecule has 0 aliphatic rings. The Balaban J connectivity index is 2.14. The summed E-state index contributed by atoms with van der Waals surface area (Å²) in [6.45, 7) is 6.35. The summed E-state index contributed by atoms with van der Waals surface area (Å²) in [5, 5.41) is 9.41. The maximum absolute atomic E-state index is 12.1. The fourth-order valence-corrected chi connectivity index (χ4v) is 2.68. The first kappa shape index (κ1) is 16.1. The first-order chi connectivity index (χ1) is 10.6. The van der Waals surface area contributed by atoms with E-state index in [9.17, 15) is 10.1 Å². The fraction of sp³-hybridized carbons (Fsp3) is 0.412. The lowest BCUT2D eigenvalue weighted by Gasteiger charge is -2.22. The van der Waals surface area contributed by atoms with Gasteiger partial charge in [-0.25, -0.2) is 0 Å². The molecule has 0 radical (unpaired) electrons. The summed E-state index contributed by atoms with van der Waals surface area (Å²) in [5.41, 5.74) is 2.54. The van der Waals surface area contributed by atoms with Crippen molar-refractivity contribution in [2.24, 2.45) is 0 Å². The number of nitrogens with zero attached hydrogens (tertiary/aromatic N) is 4. The topological polar surface area (TPSA) is 51.8 Å². The van der Waals surface area contributed by atoms with E-state index in [0.29, 0.717) is 18.7 Å². The van der Waals surface area contributed by atoms with E-state index in [1.807, 2.05) is 65.7 Å². The SMILES string of the molecule is CCN(CC)C(=O)CN(C)Cc1cn2ccccc2c1C#N. The monoisotopic (exact) mass is 298 g/mol. The van der Waals surface area contributed by atoms with Gasteiger partial charge in [0.1, 0.15) is 6.07 Å². The van der Waals surface area contributed by atoms with Crippen LogP contribution in [0.25, 0.3) is 5.52 Å². The van der Waals surface area contributed by atoms with Crippen LogP contribution in [0.3, 0.4) is 0 Å². The zero-order valence-corrected chi connectivity index (χ0v) is 13.4. The van der Waals surface area contributed by atoms with Crippen LogP contribution in [-0.4, -0.2) is 46.8 Å². The molecule has 2 aromatic rings. The zero-order valence-electron chi connectivity index (χ0n) is 13.4. The highest BCUT2D eigenvalue weighted by Gasteiger charge is 2.16. The molecule has 2 rings (SSSR count). The average Bonchev–Trinajstić information content (AvgIpc) is 2.85. The molecule has 0 saturated heterocycles. The van der Waals surface area contributed by atoms with Gasteiger partial charge in [-0.05, 0) is 33.0 Å². The summed E-state index contributed by atoms with van der Waals surface area (Å²) in [4.78, 5) is 15.9. The first-order valence-electron chi connectivity index (χ1n) is 7.55. The number of amides is 1. The van der Waals surface area contributed by atoms with Crippen LogP contribution >= 0.6 is 0 Å². The third-order valence-corrected chi connectivity index (χ3v) is 3.84. The molecule has 22 heavy (non-hydrogen) atoms. The second kappa shape index (κ2) is 7.10. The Kier molecular flexibility index (Phi) is 5.18. The van der Waals surface area contributed by atoms with Crippen molar-refractivity contribution < 1.29 is 4.79 Å². The van der Waals surface area contributed by atoms with Crippen molar-refractivity contribution in [1.82, 2.24) is 14.2 Å². The van der Waals surface area contributed by atoms with Crippen LogP contribution in [0.15, 0.2) is 30.6 Å². The lowest BCUT2D eigenvalue weighted by molar-refractivity contribution is -0.131. The van der Waals surface area contributed by atoms with Crippen molar-refractivity contribution in [2.75, 3.05) is 26.7 Å². The van der Waals surface area contributed by atoms with Gasteiger partial charge in [-0.15, -0.1) is 0 Å². The number of carbonyl (C=O) groups is 1. The molecule has 0 N–H and O–H groups in total. The van der Waals surface area contributed by atoms with Crippen molar-refractivity contribution in [3.05, 3.63) is 41.7 Å². The zero-order chi connectivity index (χ0) is 16.1. The van der Waals surface area contributed by atoms with Gasteiger partial charge in [-0.1, -0.05) is 6.07 Å². The molecule has 0 aromatic carbocycles. The molecule has 0 atom stereocenters. The van der Waals surface area contributed by atoms with Crippen LogP contribution in [0.2, 0.25) is 0 Å². The maximum atomic E-state index is 12.1. The van der Waals surface area contributed by atoms with Crippen LogP contribution in [0.1, 0.15) is 25.0 Å². The van der Waals surface area contributed by atoms with Gasteiger partial charge in [0.05, 0.1) is 17.6 Å². The predicted octanol–water partition coefficient (Wildman–Crippen LogP) is 2.11. The summed E-state index contributed by atoms with van der Waals surface area (Å²) < 4.78 is 1.95. The molecule has 5 heteroatoms. The fourth-order valence-electron chi connectivity index (χ4n) is 2.68. The Hall–Kier alpha value is -2.32. The number of pyridine rings is 1. The molecule has 0 spiro atoms. The quantitative estimate of drug-likeness (QED) is 0.821. The Morgan fingerprint density at radius 2 is 2.05 bits per heavy atom. The summed E-state index contributed by atoms with van der Waals surface area (Å²) in [5.74, 6) is 0.120. The maximum Gasteiger partial charge on any atom is 0.236 e. The molecule has 1 amide bonds. The minimum atomic E-state index is 0.120. The number of aromatic nitrogens is 1. The summed E-state index contributed by atoms with van der Waals surface area (Å²) in [6, 6.07) is 8.07. The molecule has 2 aromatic heterocycles. The molecule has 0 aliphatic carbocycles. The minimum absolute atomic E-state index is 0.120. The Bertz CT molecular complexity index is 694. The van der Waals surface area contributed by atoms with Crippen LogP contribution in [0.4, 0.5) is 0 Å². The van der Waals surface area contributed by atoms with E-state index in [4.69, 9.17) is 0 Å². The molecule has 116 valence electrons. The molecule has 0 aliphatic heterocycles. The van der Waals surface area contributed by atoms with Gasteiger partial charge in [0, 0.05) is 37.6 Å². The van der Waals surface area contributed by atoms with Crippen molar-refractivity contribution in [1.29, 1.82) is 5.26 Å². The highest BCUT2D eigenvalue weighted by Crippen LogP contribution is 2.19. The molecule has 5 nitrogen and oxygen atoms in total. The highest BCUT2D eigenvalue weighted by atomic mass is 16.2. The third-order valence-electron chi connectivity index (χ3n) is 3.84. The molecule has 0 fully saturated rings. The second-order valence-electron chi connectivity index (χ2n) is 5.37. The summed E-state index contributed by atoms with van der Waals surface area (Å²) in [7, 11) is 1.91. The minimum Gasteiger partial charge on any atom is -0.342 e. The van der Waals surface area contributed by atoms with Gasteiger partial charge in [-0.2, -0.15) is 5.26 Å². The van der Waals surface area contributed by atoms with Crippen molar-refractivity contribution in [2.45, 2.75) is 20.4 Å². The standard InChI is InChI=1S/C17H22N4O/c1-4-20(5-2)17(22)13-19(3)11-14-12-21-9-7-6-8-16(21)15(14)10-18/h6-9,12H,4-5,11,13H2,1-3H3. The van der Waals surface area contributed by atoms with E-state index in [1.54, 1.807) is 0 Å². The normalized spacial score (nSPS) is 10.9. The van der Waals surface area contributed by atoms with Crippen LogP contribution < -0.4 is 0 Å². The predicted molar refractivity (Wildman–Crippen MR) is 86.4 cm³/mol. The summed E-state index contributed by atoms with van der Waals surface area (Å²) in [6.07, 6.45) is 3.90. The van der Waals surface area contributed by atoms with Gasteiger partial charge in [0.2, 0.25) is 5.91 Å². The Morgan fingerprint density at radius 3 is 2.68 bits per heavy atom. The molecule has 0 bridgehead atoms. The number of hydrogen-bond donors (Lipinski definition) is 0. The van der Waals surface area contributed by atoms with Gasteiger partial charge >= 0.3 is 0 Å². The van der Waals surface area contributed by atoms with Gasteiger partial charge < -0.3 is 9.30 Å². The van der Waals surface area contributed by atoms with Crippen LogP contribution in [0, 0.1) is 11.3 Å². The van der Waals surface area contributed by atoms with E-state index in [-0.39, 0.29) is 5.91 Å². The lowest BCUT2D eigenvalue weighted by atomic mass is 10.1. The molecular weight excluding hydrogens is 276 g/mol. The third kappa shape index (κ3) is 3.29. The lowest BCUT2D eigenvalue weighted by Crippen LogP contribution is -2.38.